The molecule has 1 aliphatic rings. The molecular weight excluding hydrogens is 449 g/mol. The Morgan fingerprint density at radius 2 is 1.91 bits per heavy atom. The molecule has 0 aromatic heterocycles. The zero-order valence-corrected chi connectivity index (χ0v) is 19.5. The van der Waals surface area contributed by atoms with Crippen molar-refractivity contribution in [3.8, 4) is 5.75 Å². The highest BCUT2D eigenvalue weighted by Crippen LogP contribution is 2.29. The van der Waals surface area contributed by atoms with Gasteiger partial charge in [0.25, 0.3) is 0 Å². The van der Waals surface area contributed by atoms with E-state index in [1.807, 2.05) is 0 Å². The van der Waals surface area contributed by atoms with Crippen molar-refractivity contribution in [3.63, 3.8) is 0 Å². The number of piperidine rings is 1. The topological polar surface area (TPSA) is 105 Å². The average molecular weight is 478 g/mol. The van der Waals surface area contributed by atoms with Gasteiger partial charge in [0.15, 0.2) is 0 Å². The molecule has 2 aromatic rings. The third-order valence-electron chi connectivity index (χ3n) is 5.62. The number of hydrogen-bond donors (Lipinski definition) is 2. The van der Waals surface area contributed by atoms with Crippen molar-refractivity contribution >= 4 is 27.5 Å². The Bertz CT molecular complexity index is 1120. The lowest BCUT2D eigenvalue weighted by atomic mass is 10.0. The summed E-state index contributed by atoms with van der Waals surface area (Å²) >= 11 is 0. The summed E-state index contributed by atoms with van der Waals surface area (Å²) in [6.07, 6.45) is 2.58. The number of rotatable bonds is 7. The van der Waals surface area contributed by atoms with Crippen molar-refractivity contribution < 1.29 is 27.1 Å². The van der Waals surface area contributed by atoms with Crippen LogP contribution in [-0.4, -0.2) is 50.8 Å². The van der Waals surface area contributed by atoms with Crippen molar-refractivity contribution in [2.75, 3.05) is 25.5 Å². The average Bonchev–Trinajstić information content (AvgIpc) is 2.79. The van der Waals surface area contributed by atoms with E-state index in [0.29, 0.717) is 36.4 Å². The van der Waals surface area contributed by atoms with Crippen LogP contribution < -0.4 is 15.4 Å². The lowest BCUT2D eigenvalue weighted by molar-refractivity contribution is -0.136. The first-order chi connectivity index (χ1) is 15.7. The number of ether oxygens (including phenoxy) is 1. The molecule has 10 heteroatoms. The third kappa shape index (κ3) is 5.88. The molecule has 1 atom stereocenters. The Morgan fingerprint density at radius 3 is 2.64 bits per heavy atom. The summed E-state index contributed by atoms with van der Waals surface area (Å²) < 4.78 is 46.5. The van der Waals surface area contributed by atoms with Gasteiger partial charge < -0.3 is 15.4 Å². The number of halogens is 1. The minimum absolute atomic E-state index is 0.0796. The maximum Gasteiger partial charge on any atom is 0.313 e. The molecule has 0 saturated carbocycles. The third-order valence-corrected chi connectivity index (χ3v) is 7.73. The zero-order chi connectivity index (χ0) is 24.0. The minimum Gasteiger partial charge on any atom is -0.495 e. The fourth-order valence-electron chi connectivity index (χ4n) is 3.97. The van der Waals surface area contributed by atoms with E-state index in [1.165, 1.54) is 23.5 Å². The predicted octanol–water partition coefficient (Wildman–Crippen LogP) is 2.83. The smallest absolute Gasteiger partial charge is 0.313 e. The largest absolute Gasteiger partial charge is 0.495 e. The molecule has 2 amide bonds. The quantitative estimate of drug-likeness (QED) is 0.597. The van der Waals surface area contributed by atoms with Gasteiger partial charge in [0, 0.05) is 19.1 Å². The number of amides is 2. The number of nitrogens with zero attached hydrogens (tertiary/aromatic N) is 1. The summed E-state index contributed by atoms with van der Waals surface area (Å²) in [5, 5.41) is 5.06. The molecule has 33 heavy (non-hydrogen) atoms. The highest BCUT2D eigenvalue weighted by molar-refractivity contribution is 7.89. The molecule has 8 nitrogen and oxygen atoms in total. The molecule has 0 unspecified atom stereocenters. The molecule has 0 bridgehead atoms. The number of methoxy groups -OCH3 is 1. The molecule has 0 radical (unpaired) electrons. The first-order valence-electron chi connectivity index (χ1n) is 10.7. The molecule has 1 saturated heterocycles. The van der Waals surface area contributed by atoms with Gasteiger partial charge in [-0.05, 0) is 62.1 Å². The van der Waals surface area contributed by atoms with Crippen LogP contribution in [0.5, 0.6) is 5.75 Å². The van der Waals surface area contributed by atoms with Crippen molar-refractivity contribution in [1.82, 2.24) is 9.62 Å². The molecule has 3 rings (SSSR count). The fourth-order valence-corrected chi connectivity index (χ4v) is 5.90. The van der Waals surface area contributed by atoms with E-state index >= 15 is 0 Å². The van der Waals surface area contributed by atoms with Gasteiger partial charge >= 0.3 is 11.8 Å². The van der Waals surface area contributed by atoms with Crippen LogP contribution >= 0.6 is 0 Å². The van der Waals surface area contributed by atoms with Gasteiger partial charge in [-0.1, -0.05) is 18.6 Å². The van der Waals surface area contributed by atoms with Crippen LogP contribution in [0.25, 0.3) is 0 Å². The van der Waals surface area contributed by atoms with Gasteiger partial charge in [-0.25, -0.2) is 12.8 Å². The predicted molar refractivity (Wildman–Crippen MR) is 122 cm³/mol. The number of aryl methyl sites for hydroxylation is 1. The van der Waals surface area contributed by atoms with Crippen LogP contribution in [0.2, 0.25) is 0 Å². The number of carbonyl (C=O) groups excluding carboxylic acids is 2. The Balaban J connectivity index is 1.61. The summed E-state index contributed by atoms with van der Waals surface area (Å²) in [4.78, 5) is 24.5. The van der Waals surface area contributed by atoms with Crippen molar-refractivity contribution in [1.29, 1.82) is 0 Å². The molecule has 1 fully saturated rings. The van der Waals surface area contributed by atoms with Gasteiger partial charge in [-0.2, -0.15) is 4.31 Å². The van der Waals surface area contributed by atoms with Crippen LogP contribution in [0, 0.1) is 12.7 Å². The SMILES string of the molecule is COc1ccccc1NC(=O)C(=O)NCC[C@@H]1CCCCN1S(=O)(=O)c1ccc(F)cc1C. The van der Waals surface area contributed by atoms with E-state index in [2.05, 4.69) is 10.6 Å². The molecule has 2 N–H and O–H groups in total. The van der Waals surface area contributed by atoms with Crippen LogP contribution in [0.1, 0.15) is 31.2 Å². The Kier molecular flexibility index (Phi) is 8.04. The van der Waals surface area contributed by atoms with Gasteiger partial charge in [0.05, 0.1) is 17.7 Å². The molecule has 1 heterocycles. The number of carbonyl (C=O) groups is 2. The molecular formula is C23H28FN3O5S. The monoisotopic (exact) mass is 477 g/mol. The molecule has 0 aliphatic carbocycles. The van der Waals surface area contributed by atoms with Gasteiger partial charge in [0.1, 0.15) is 11.6 Å². The summed E-state index contributed by atoms with van der Waals surface area (Å²) in [5.41, 5.74) is 0.722. The van der Waals surface area contributed by atoms with E-state index in [0.717, 1.165) is 18.9 Å². The Morgan fingerprint density at radius 1 is 1.15 bits per heavy atom. The van der Waals surface area contributed by atoms with Crippen molar-refractivity contribution in [3.05, 3.63) is 53.8 Å². The molecule has 0 spiro atoms. The van der Waals surface area contributed by atoms with Crippen molar-refractivity contribution in [2.45, 2.75) is 43.5 Å². The van der Waals surface area contributed by atoms with Crippen LogP contribution in [0.15, 0.2) is 47.4 Å². The number of hydrogen-bond acceptors (Lipinski definition) is 5. The maximum absolute atomic E-state index is 13.5. The Hall–Kier alpha value is -2.98. The van der Waals surface area contributed by atoms with E-state index in [9.17, 15) is 22.4 Å². The van der Waals surface area contributed by atoms with E-state index in [4.69, 9.17) is 4.74 Å². The number of benzene rings is 2. The zero-order valence-electron chi connectivity index (χ0n) is 18.6. The second-order valence-corrected chi connectivity index (χ2v) is 9.73. The lowest BCUT2D eigenvalue weighted by Gasteiger charge is -2.35. The summed E-state index contributed by atoms with van der Waals surface area (Å²) in [6, 6.07) is 10.0. The second kappa shape index (κ2) is 10.8. The number of sulfonamides is 1. The second-order valence-electron chi connectivity index (χ2n) is 7.87. The Labute approximate surface area is 193 Å². The fraction of sp³-hybridized carbons (Fsp3) is 0.391. The van der Waals surface area contributed by atoms with Crippen molar-refractivity contribution in [2.24, 2.45) is 0 Å². The molecule has 178 valence electrons. The van der Waals surface area contributed by atoms with Crippen LogP contribution in [-0.2, 0) is 19.6 Å². The number of para-hydroxylation sites is 2. The normalized spacial score (nSPS) is 16.8. The van der Waals surface area contributed by atoms with Crippen LogP contribution in [0.3, 0.4) is 0 Å². The van der Waals surface area contributed by atoms with Gasteiger partial charge in [0.2, 0.25) is 10.0 Å². The summed E-state index contributed by atoms with van der Waals surface area (Å²) in [7, 11) is -2.35. The summed E-state index contributed by atoms with van der Waals surface area (Å²) in [6.45, 7) is 2.05. The lowest BCUT2D eigenvalue weighted by Crippen LogP contribution is -2.46. The van der Waals surface area contributed by atoms with E-state index < -0.39 is 27.7 Å². The minimum atomic E-state index is -3.81. The van der Waals surface area contributed by atoms with Gasteiger partial charge in [-0.15, -0.1) is 0 Å². The van der Waals surface area contributed by atoms with Gasteiger partial charge in [-0.3, -0.25) is 9.59 Å². The first kappa shape index (κ1) is 24.7. The number of anilines is 1. The van der Waals surface area contributed by atoms with Crippen LogP contribution in [0.4, 0.5) is 10.1 Å². The number of nitrogens with one attached hydrogen (secondary N) is 2. The molecule has 1 aliphatic heterocycles. The molecule has 2 aromatic carbocycles. The van der Waals surface area contributed by atoms with E-state index in [-0.39, 0.29) is 17.5 Å². The highest BCUT2D eigenvalue weighted by Gasteiger charge is 2.34. The first-order valence-corrected chi connectivity index (χ1v) is 12.2. The highest BCUT2D eigenvalue weighted by atomic mass is 32.2. The van der Waals surface area contributed by atoms with E-state index in [1.54, 1.807) is 31.2 Å². The standard InChI is InChI=1S/C23H28FN3O5S/c1-16-15-17(24)10-11-21(16)33(30,31)27-14-6-5-7-18(27)12-13-25-22(28)23(29)26-19-8-3-4-9-20(19)32-2/h3-4,8-11,15,18H,5-7,12-14H2,1-2H3,(H,25,28)(H,26,29)/t18-/m0/s1. The maximum atomic E-state index is 13.5. The summed E-state index contributed by atoms with van der Waals surface area (Å²) in [5.74, 6) is -1.72.